The topological polar surface area (TPSA) is 52.6 Å². The fourth-order valence-electron chi connectivity index (χ4n) is 2.71. The summed E-state index contributed by atoms with van der Waals surface area (Å²) in [7, 11) is 0. The summed E-state index contributed by atoms with van der Waals surface area (Å²) >= 11 is 0. The third kappa shape index (κ3) is 6.91. The number of esters is 2. The van der Waals surface area contributed by atoms with E-state index in [-0.39, 0.29) is 6.61 Å². The first-order valence-electron chi connectivity index (χ1n) is 9.59. The van der Waals surface area contributed by atoms with Crippen molar-refractivity contribution in [3.8, 4) is 0 Å². The van der Waals surface area contributed by atoms with Crippen LogP contribution in [0.3, 0.4) is 0 Å². The number of hydrogen-bond donors (Lipinski definition) is 0. The van der Waals surface area contributed by atoms with Gasteiger partial charge in [0.1, 0.15) is 6.61 Å². The molecule has 0 aliphatic carbocycles. The smallest absolute Gasteiger partial charge is 0.331 e. The van der Waals surface area contributed by atoms with Crippen LogP contribution < -0.4 is 0 Å². The lowest BCUT2D eigenvalue weighted by Gasteiger charge is -2.17. The molecule has 0 aromatic heterocycles. The van der Waals surface area contributed by atoms with Crippen molar-refractivity contribution in [3.63, 3.8) is 0 Å². The summed E-state index contributed by atoms with van der Waals surface area (Å²) in [6.07, 6.45) is 5.37. The zero-order chi connectivity index (χ0) is 21.0. The maximum atomic E-state index is 12.3. The average molecular weight is 398 g/mol. The Kier molecular flexibility index (Phi) is 7.75. The Morgan fingerprint density at radius 3 is 1.67 bits per heavy atom. The molecule has 0 spiro atoms. The molecule has 0 aliphatic heterocycles. The van der Waals surface area contributed by atoms with Gasteiger partial charge < -0.3 is 9.47 Å². The second kappa shape index (κ2) is 11.2. The number of carbonyl (C=O) groups is 2. The van der Waals surface area contributed by atoms with Gasteiger partial charge in [0.2, 0.25) is 0 Å². The van der Waals surface area contributed by atoms with Gasteiger partial charge in [0.25, 0.3) is 0 Å². The van der Waals surface area contributed by atoms with Crippen LogP contribution in [0.1, 0.15) is 22.8 Å². The lowest BCUT2D eigenvalue weighted by Crippen LogP contribution is -2.17. The summed E-state index contributed by atoms with van der Waals surface area (Å²) in [6.45, 7) is -0.0765. The molecule has 0 fully saturated rings. The molecule has 4 nitrogen and oxygen atoms in total. The van der Waals surface area contributed by atoms with E-state index in [0.29, 0.717) is 0 Å². The van der Waals surface area contributed by atoms with Gasteiger partial charge in [0, 0.05) is 12.2 Å². The highest BCUT2D eigenvalue weighted by atomic mass is 16.6. The first-order chi connectivity index (χ1) is 14.7. The predicted molar refractivity (Wildman–Crippen MR) is 117 cm³/mol. The highest BCUT2D eigenvalue weighted by Crippen LogP contribution is 2.18. The second-order valence-electron chi connectivity index (χ2n) is 6.45. The predicted octanol–water partition coefficient (Wildman–Crippen LogP) is 5.24. The van der Waals surface area contributed by atoms with Crippen LogP contribution in [0.15, 0.2) is 103 Å². The van der Waals surface area contributed by atoms with E-state index in [1.807, 2.05) is 91.0 Å². The molecular formula is C26H22O4. The minimum Gasteiger partial charge on any atom is -0.458 e. The van der Waals surface area contributed by atoms with Crippen molar-refractivity contribution in [3.05, 3.63) is 120 Å². The first kappa shape index (κ1) is 20.8. The van der Waals surface area contributed by atoms with Crippen LogP contribution in [-0.4, -0.2) is 18.5 Å². The highest BCUT2D eigenvalue weighted by Gasteiger charge is 2.17. The van der Waals surface area contributed by atoms with Crippen LogP contribution in [0.5, 0.6) is 0 Å². The molecule has 0 heterocycles. The maximum Gasteiger partial charge on any atom is 0.331 e. The van der Waals surface area contributed by atoms with Gasteiger partial charge in [-0.3, -0.25) is 0 Å². The van der Waals surface area contributed by atoms with E-state index in [1.165, 1.54) is 12.2 Å². The molecule has 0 saturated carbocycles. The Labute approximate surface area is 176 Å². The van der Waals surface area contributed by atoms with Crippen molar-refractivity contribution in [1.29, 1.82) is 0 Å². The molecule has 4 heteroatoms. The Morgan fingerprint density at radius 1 is 0.667 bits per heavy atom. The van der Waals surface area contributed by atoms with Crippen molar-refractivity contribution in [2.75, 3.05) is 6.61 Å². The van der Waals surface area contributed by atoms with E-state index in [9.17, 15) is 9.59 Å². The standard InChI is InChI=1S/C26H22O4/c27-25(18-16-21-10-4-1-5-11-21)29-20-24(23-14-8-3-9-15-23)30-26(28)19-17-22-12-6-2-7-13-22/h1-19,24H,20H2/b18-16+,19-17+/t24-/m1/s1. The molecule has 0 unspecified atom stereocenters. The fraction of sp³-hybridized carbons (Fsp3) is 0.0769. The molecule has 0 amide bonds. The zero-order valence-electron chi connectivity index (χ0n) is 16.4. The third-order valence-corrected chi connectivity index (χ3v) is 4.23. The second-order valence-corrected chi connectivity index (χ2v) is 6.45. The Bertz CT molecular complexity index is 993. The highest BCUT2D eigenvalue weighted by molar-refractivity contribution is 5.88. The normalized spacial score (nSPS) is 12.0. The summed E-state index contributed by atoms with van der Waals surface area (Å²) < 4.78 is 10.9. The van der Waals surface area contributed by atoms with Crippen molar-refractivity contribution >= 4 is 24.1 Å². The van der Waals surface area contributed by atoms with Crippen LogP contribution in [0.4, 0.5) is 0 Å². The van der Waals surface area contributed by atoms with Gasteiger partial charge in [0.15, 0.2) is 6.10 Å². The first-order valence-corrected chi connectivity index (χ1v) is 9.59. The van der Waals surface area contributed by atoms with E-state index >= 15 is 0 Å². The molecule has 150 valence electrons. The zero-order valence-corrected chi connectivity index (χ0v) is 16.4. The van der Waals surface area contributed by atoms with Gasteiger partial charge in [-0.25, -0.2) is 9.59 Å². The number of carbonyl (C=O) groups excluding carboxylic acids is 2. The van der Waals surface area contributed by atoms with Crippen LogP contribution in [0.2, 0.25) is 0 Å². The van der Waals surface area contributed by atoms with Crippen molar-refractivity contribution < 1.29 is 19.1 Å². The van der Waals surface area contributed by atoms with Crippen LogP contribution in [0, 0.1) is 0 Å². The van der Waals surface area contributed by atoms with Crippen molar-refractivity contribution in [2.24, 2.45) is 0 Å². The molecule has 3 aromatic rings. The van der Waals surface area contributed by atoms with E-state index in [2.05, 4.69) is 0 Å². The van der Waals surface area contributed by atoms with E-state index < -0.39 is 18.0 Å². The van der Waals surface area contributed by atoms with Gasteiger partial charge in [-0.15, -0.1) is 0 Å². The summed E-state index contributed by atoms with van der Waals surface area (Å²) in [6, 6.07) is 28.1. The molecule has 3 rings (SSSR count). The number of hydrogen-bond acceptors (Lipinski definition) is 4. The molecule has 0 bridgehead atoms. The monoisotopic (exact) mass is 398 g/mol. The number of benzene rings is 3. The lowest BCUT2D eigenvalue weighted by molar-refractivity contribution is -0.153. The lowest BCUT2D eigenvalue weighted by atomic mass is 10.1. The molecule has 1 atom stereocenters. The molecule has 0 radical (unpaired) electrons. The van der Waals surface area contributed by atoms with Crippen LogP contribution in [0.25, 0.3) is 12.2 Å². The van der Waals surface area contributed by atoms with Crippen molar-refractivity contribution in [1.82, 2.24) is 0 Å². The minimum absolute atomic E-state index is 0.0765. The molecular weight excluding hydrogens is 376 g/mol. The largest absolute Gasteiger partial charge is 0.458 e. The van der Waals surface area contributed by atoms with Gasteiger partial charge in [-0.2, -0.15) is 0 Å². The maximum absolute atomic E-state index is 12.3. The summed E-state index contributed by atoms with van der Waals surface area (Å²) in [4.78, 5) is 24.4. The number of rotatable bonds is 8. The summed E-state index contributed by atoms with van der Waals surface area (Å²) in [5.41, 5.74) is 2.54. The van der Waals surface area contributed by atoms with Crippen molar-refractivity contribution in [2.45, 2.75) is 6.10 Å². The molecule has 0 N–H and O–H groups in total. The van der Waals surface area contributed by atoms with E-state index in [1.54, 1.807) is 12.2 Å². The SMILES string of the molecule is O=C(/C=C/c1ccccc1)OC[C@@H](OC(=O)/C=C/c1ccccc1)c1ccccc1. The molecule has 3 aromatic carbocycles. The Morgan fingerprint density at radius 2 is 1.13 bits per heavy atom. The minimum atomic E-state index is -0.701. The Balaban J connectivity index is 1.61. The third-order valence-electron chi connectivity index (χ3n) is 4.23. The summed E-state index contributed by atoms with van der Waals surface area (Å²) in [5, 5.41) is 0. The fourth-order valence-corrected chi connectivity index (χ4v) is 2.71. The van der Waals surface area contributed by atoms with Gasteiger partial charge in [-0.05, 0) is 28.8 Å². The molecule has 0 aliphatic rings. The van der Waals surface area contributed by atoms with Crippen LogP contribution >= 0.6 is 0 Å². The average Bonchev–Trinajstić information content (AvgIpc) is 2.81. The van der Waals surface area contributed by atoms with Gasteiger partial charge in [-0.1, -0.05) is 91.0 Å². The quantitative estimate of drug-likeness (QED) is 0.385. The van der Waals surface area contributed by atoms with Gasteiger partial charge >= 0.3 is 11.9 Å². The van der Waals surface area contributed by atoms with Crippen LogP contribution in [-0.2, 0) is 19.1 Å². The van der Waals surface area contributed by atoms with E-state index in [4.69, 9.17) is 9.47 Å². The van der Waals surface area contributed by atoms with E-state index in [0.717, 1.165) is 16.7 Å². The molecule has 30 heavy (non-hydrogen) atoms. The Hall–Kier alpha value is -3.92. The van der Waals surface area contributed by atoms with Gasteiger partial charge in [0.05, 0.1) is 0 Å². The summed E-state index contributed by atoms with van der Waals surface area (Å²) in [5.74, 6) is -1.01. The number of ether oxygens (including phenoxy) is 2. The molecule has 0 saturated heterocycles.